The number of fused-ring (bicyclic) bond motifs is 1. The molecule has 2 aromatic rings. The summed E-state index contributed by atoms with van der Waals surface area (Å²) in [6.45, 7) is -0.0328. The monoisotopic (exact) mass is 281 g/mol. The lowest BCUT2D eigenvalue weighted by Gasteiger charge is -2.24. The topological polar surface area (TPSA) is 58.4 Å². The van der Waals surface area contributed by atoms with Crippen molar-refractivity contribution in [1.29, 1.82) is 0 Å². The molecule has 5 nitrogen and oxygen atoms in total. The van der Waals surface area contributed by atoms with Crippen LogP contribution in [-0.2, 0) is 4.79 Å². The fourth-order valence-electron chi connectivity index (χ4n) is 2.37. The molecule has 1 aliphatic rings. The second kappa shape index (κ2) is 4.73. The zero-order valence-corrected chi connectivity index (χ0v) is 10.6. The van der Waals surface area contributed by atoms with Crippen molar-refractivity contribution in [2.75, 3.05) is 18.4 Å². The number of oxazole rings is 1. The first-order chi connectivity index (χ1) is 9.60. The van der Waals surface area contributed by atoms with Crippen molar-refractivity contribution in [3.63, 3.8) is 0 Å². The first-order valence-corrected chi connectivity index (χ1v) is 6.28. The number of carbonyl (C=O) groups is 1. The molecule has 2 heterocycles. The molecule has 1 saturated heterocycles. The van der Waals surface area contributed by atoms with Crippen molar-refractivity contribution in [2.45, 2.75) is 18.4 Å². The van der Waals surface area contributed by atoms with E-state index in [1.165, 1.54) is 0 Å². The van der Waals surface area contributed by atoms with Gasteiger partial charge in [0, 0.05) is 19.5 Å². The Bertz CT molecular complexity index is 596. The van der Waals surface area contributed by atoms with E-state index in [9.17, 15) is 13.6 Å². The number of likely N-dealkylation sites (tertiary alicyclic amines) is 1. The first kappa shape index (κ1) is 12.8. The van der Waals surface area contributed by atoms with E-state index in [1.807, 2.05) is 6.07 Å². The van der Waals surface area contributed by atoms with Crippen molar-refractivity contribution >= 4 is 23.5 Å². The summed E-state index contributed by atoms with van der Waals surface area (Å²) in [5.41, 5.74) is 1.24. The van der Waals surface area contributed by atoms with Crippen LogP contribution in [0.3, 0.4) is 0 Å². The summed E-state index contributed by atoms with van der Waals surface area (Å²) in [5, 5.41) is 2.74. The van der Waals surface area contributed by atoms with Crippen molar-refractivity contribution < 1.29 is 18.0 Å². The molecule has 1 aliphatic heterocycles. The molecule has 1 amide bonds. The van der Waals surface area contributed by atoms with Crippen LogP contribution >= 0.6 is 0 Å². The Morgan fingerprint density at radius 3 is 3.05 bits per heavy atom. The molecule has 0 saturated carbocycles. The Balaban J connectivity index is 1.73. The number of alkyl halides is 2. The van der Waals surface area contributed by atoms with Crippen LogP contribution in [0.15, 0.2) is 28.7 Å². The summed E-state index contributed by atoms with van der Waals surface area (Å²) < 4.78 is 32.7. The average molecular weight is 281 g/mol. The molecule has 1 fully saturated rings. The Morgan fingerprint density at radius 1 is 1.50 bits per heavy atom. The molecule has 1 N–H and O–H groups in total. The van der Waals surface area contributed by atoms with Crippen LogP contribution in [0.5, 0.6) is 0 Å². The summed E-state index contributed by atoms with van der Waals surface area (Å²) in [6.07, 6.45) is 0.144. The number of para-hydroxylation sites is 2. The minimum absolute atomic E-state index is 0.0659. The highest BCUT2D eigenvalue weighted by Gasteiger charge is 2.48. The zero-order chi connectivity index (χ0) is 14.2. The Labute approximate surface area is 113 Å². The fraction of sp³-hybridized carbons (Fsp3) is 0.385. The zero-order valence-electron chi connectivity index (χ0n) is 10.6. The lowest BCUT2D eigenvalue weighted by Crippen LogP contribution is -2.43. The molecule has 0 spiro atoms. The van der Waals surface area contributed by atoms with E-state index in [0.29, 0.717) is 17.5 Å². The Morgan fingerprint density at radius 2 is 2.30 bits per heavy atom. The Kier molecular flexibility index (Phi) is 3.04. The summed E-state index contributed by atoms with van der Waals surface area (Å²) in [6, 6.07) is 6.14. The lowest BCUT2D eigenvalue weighted by molar-refractivity contribution is -0.122. The highest BCUT2D eigenvalue weighted by atomic mass is 19.3. The van der Waals surface area contributed by atoms with Gasteiger partial charge < -0.3 is 14.6 Å². The summed E-state index contributed by atoms with van der Waals surface area (Å²) in [4.78, 5) is 16.0. The molecule has 1 atom stereocenters. The standard InChI is InChI=1S/C13H13F2N3O2/c14-13(15)5-6-18(8-19)11(13)7-16-12-17-9-3-1-2-4-10(9)20-12/h1-4,8,11H,5-7H2,(H,16,17). The number of rotatable bonds is 4. The number of hydrogen-bond donors (Lipinski definition) is 1. The highest BCUT2D eigenvalue weighted by molar-refractivity contribution is 5.74. The summed E-state index contributed by atoms with van der Waals surface area (Å²) in [5.74, 6) is -2.89. The van der Waals surface area contributed by atoms with Gasteiger partial charge in [-0.05, 0) is 12.1 Å². The number of aromatic nitrogens is 1. The van der Waals surface area contributed by atoms with Crippen molar-refractivity contribution in [3.8, 4) is 0 Å². The smallest absolute Gasteiger partial charge is 0.295 e. The number of carbonyl (C=O) groups excluding carboxylic acids is 1. The van der Waals surface area contributed by atoms with Gasteiger partial charge in [0.2, 0.25) is 6.41 Å². The summed E-state index contributed by atoms with van der Waals surface area (Å²) in [7, 11) is 0. The van der Waals surface area contributed by atoms with Gasteiger partial charge in [0.1, 0.15) is 11.6 Å². The van der Waals surface area contributed by atoms with Crippen LogP contribution in [0.1, 0.15) is 6.42 Å². The maximum absolute atomic E-state index is 13.7. The van der Waals surface area contributed by atoms with Crippen LogP contribution in [0.2, 0.25) is 0 Å². The number of nitrogens with zero attached hydrogens (tertiary/aromatic N) is 2. The molecule has 0 radical (unpaired) electrons. The first-order valence-electron chi connectivity index (χ1n) is 6.28. The molecule has 7 heteroatoms. The number of amides is 1. The maximum atomic E-state index is 13.7. The third-order valence-corrected chi connectivity index (χ3v) is 3.47. The molecular formula is C13H13F2N3O2. The van der Waals surface area contributed by atoms with Gasteiger partial charge in [-0.25, -0.2) is 8.78 Å². The SMILES string of the molecule is O=CN1CCC(F)(F)C1CNc1nc2ccccc2o1. The second-order valence-electron chi connectivity index (χ2n) is 4.74. The number of nitrogens with one attached hydrogen (secondary N) is 1. The van der Waals surface area contributed by atoms with Crippen LogP contribution in [0.25, 0.3) is 11.1 Å². The molecule has 106 valence electrons. The van der Waals surface area contributed by atoms with Gasteiger partial charge in [-0.1, -0.05) is 12.1 Å². The van der Waals surface area contributed by atoms with E-state index in [4.69, 9.17) is 4.42 Å². The van der Waals surface area contributed by atoms with E-state index in [-0.39, 0.29) is 25.5 Å². The largest absolute Gasteiger partial charge is 0.424 e. The third kappa shape index (κ3) is 2.19. The summed E-state index contributed by atoms with van der Waals surface area (Å²) >= 11 is 0. The van der Waals surface area contributed by atoms with Gasteiger partial charge in [-0.15, -0.1) is 0 Å². The Hall–Kier alpha value is -2.18. The predicted molar refractivity (Wildman–Crippen MR) is 68.6 cm³/mol. The normalized spacial score (nSPS) is 21.3. The van der Waals surface area contributed by atoms with Gasteiger partial charge >= 0.3 is 0 Å². The van der Waals surface area contributed by atoms with E-state index in [2.05, 4.69) is 10.3 Å². The van der Waals surface area contributed by atoms with E-state index in [0.717, 1.165) is 4.90 Å². The van der Waals surface area contributed by atoms with Gasteiger partial charge in [0.25, 0.3) is 11.9 Å². The average Bonchev–Trinajstić information content (AvgIpc) is 2.96. The molecule has 0 bridgehead atoms. The number of halogens is 2. The van der Waals surface area contributed by atoms with E-state index < -0.39 is 12.0 Å². The molecule has 1 unspecified atom stereocenters. The van der Waals surface area contributed by atoms with Crippen molar-refractivity contribution in [1.82, 2.24) is 9.88 Å². The predicted octanol–water partition coefficient (Wildman–Crippen LogP) is 2.11. The van der Waals surface area contributed by atoms with Gasteiger partial charge in [-0.3, -0.25) is 4.79 Å². The second-order valence-corrected chi connectivity index (χ2v) is 4.74. The molecule has 1 aromatic carbocycles. The molecule has 3 rings (SSSR count). The van der Waals surface area contributed by atoms with Gasteiger partial charge in [0.15, 0.2) is 5.58 Å². The number of hydrogen-bond acceptors (Lipinski definition) is 4. The maximum Gasteiger partial charge on any atom is 0.295 e. The quantitative estimate of drug-likeness (QED) is 0.872. The van der Waals surface area contributed by atoms with Gasteiger partial charge in [0.05, 0.1) is 0 Å². The number of anilines is 1. The van der Waals surface area contributed by atoms with Crippen LogP contribution in [-0.4, -0.2) is 41.3 Å². The number of benzene rings is 1. The minimum atomic E-state index is -2.89. The molecule has 20 heavy (non-hydrogen) atoms. The van der Waals surface area contributed by atoms with Crippen molar-refractivity contribution in [2.24, 2.45) is 0 Å². The third-order valence-electron chi connectivity index (χ3n) is 3.47. The van der Waals surface area contributed by atoms with Crippen LogP contribution < -0.4 is 5.32 Å². The lowest BCUT2D eigenvalue weighted by atomic mass is 10.1. The fourth-order valence-corrected chi connectivity index (χ4v) is 2.37. The van der Waals surface area contributed by atoms with Crippen molar-refractivity contribution in [3.05, 3.63) is 24.3 Å². The molecular weight excluding hydrogens is 268 g/mol. The van der Waals surface area contributed by atoms with E-state index >= 15 is 0 Å². The van der Waals surface area contributed by atoms with E-state index in [1.54, 1.807) is 18.2 Å². The minimum Gasteiger partial charge on any atom is -0.424 e. The molecule has 0 aliphatic carbocycles. The van der Waals surface area contributed by atoms with Crippen LogP contribution in [0, 0.1) is 0 Å². The van der Waals surface area contributed by atoms with Gasteiger partial charge in [-0.2, -0.15) is 4.98 Å². The van der Waals surface area contributed by atoms with Crippen LogP contribution in [0.4, 0.5) is 14.8 Å². The highest BCUT2D eigenvalue weighted by Crippen LogP contribution is 2.33. The molecule has 1 aromatic heterocycles.